The van der Waals surface area contributed by atoms with E-state index >= 15 is 0 Å². The summed E-state index contributed by atoms with van der Waals surface area (Å²) in [4.78, 5) is 28.4. The number of anilines is 1. The molecule has 0 fully saturated rings. The molecule has 158 valence electrons. The second-order valence-electron chi connectivity index (χ2n) is 6.60. The zero-order chi connectivity index (χ0) is 22.0. The van der Waals surface area contributed by atoms with Crippen molar-refractivity contribution in [2.45, 2.75) is 6.42 Å². The molecule has 2 aromatic carbocycles. The fourth-order valence-corrected chi connectivity index (χ4v) is 3.99. The number of fused-ring (bicyclic) bond motifs is 1. The summed E-state index contributed by atoms with van der Waals surface area (Å²) in [5, 5.41) is 15.6. The molecule has 0 saturated carbocycles. The number of nitro groups is 1. The summed E-state index contributed by atoms with van der Waals surface area (Å²) in [6.07, 6.45) is 2.00. The van der Waals surface area contributed by atoms with E-state index in [0.29, 0.717) is 5.69 Å². The minimum atomic E-state index is -0.518. The molecule has 0 spiro atoms. The van der Waals surface area contributed by atoms with Gasteiger partial charge in [0, 0.05) is 28.9 Å². The van der Waals surface area contributed by atoms with Gasteiger partial charge in [-0.3, -0.25) is 19.3 Å². The highest BCUT2D eigenvalue weighted by Gasteiger charge is 2.16. The third-order valence-corrected chi connectivity index (χ3v) is 5.57. The van der Waals surface area contributed by atoms with Crippen LogP contribution in [0.3, 0.4) is 0 Å². The first kappa shape index (κ1) is 20.4. The number of non-ortho nitro benzene ring substituents is 1. The third kappa shape index (κ3) is 4.19. The minimum absolute atomic E-state index is 0.110. The fourth-order valence-electron chi connectivity index (χ4n) is 3.11. The number of aromatic nitrogens is 2. The molecule has 0 aliphatic carbocycles. The highest BCUT2D eigenvalue weighted by Crippen LogP contribution is 2.30. The lowest BCUT2D eigenvalue weighted by Gasteiger charge is -2.09. The lowest BCUT2D eigenvalue weighted by Crippen LogP contribution is -2.16. The maximum Gasteiger partial charge on any atom is 0.273 e. The number of nitrogens with zero attached hydrogens (tertiary/aromatic N) is 3. The van der Waals surface area contributed by atoms with Crippen molar-refractivity contribution in [3.05, 3.63) is 69.8 Å². The van der Waals surface area contributed by atoms with Crippen molar-refractivity contribution in [1.82, 2.24) is 9.38 Å². The number of thiazole rings is 1. The quantitative estimate of drug-likeness (QED) is 0.343. The number of nitro benzene ring substituents is 1. The Morgan fingerprint density at radius 3 is 2.65 bits per heavy atom. The molecule has 0 unspecified atom stereocenters. The summed E-state index contributed by atoms with van der Waals surface area (Å²) in [7, 11) is 3.01. The van der Waals surface area contributed by atoms with E-state index in [9.17, 15) is 14.9 Å². The van der Waals surface area contributed by atoms with E-state index in [0.717, 1.165) is 27.7 Å². The van der Waals surface area contributed by atoms with Gasteiger partial charge in [0.05, 0.1) is 43.0 Å². The van der Waals surface area contributed by atoms with Crippen LogP contribution >= 0.6 is 11.3 Å². The van der Waals surface area contributed by atoms with E-state index in [4.69, 9.17) is 9.47 Å². The number of methoxy groups -OCH3 is 2. The SMILES string of the molecule is COc1ccc(-c2cn3c(CC(=O)Nc4ccc([N+](=O)[O-])cc4OC)csc3n2)cc1. The van der Waals surface area contributed by atoms with E-state index in [-0.39, 0.29) is 23.8 Å². The second kappa shape index (κ2) is 8.44. The normalized spacial score (nSPS) is 10.8. The van der Waals surface area contributed by atoms with Gasteiger partial charge in [-0.1, -0.05) is 0 Å². The molecule has 4 rings (SSSR count). The largest absolute Gasteiger partial charge is 0.497 e. The molecule has 1 N–H and O–H groups in total. The number of ether oxygens (including phenoxy) is 2. The summed E-state index contributed by atoms with van der Waals surface area (Å²) in [6.45, 7) is 0. The van der Waals surface area contributed by atoms with Crippen molar-refractivity contribution in [3.63, 3.8) is 0 Å². The first-order valence-electron chi connectivity index (χ1n) is 9.20. The summed E-state index contributed by atoms with van der Waals surface area (Å²) in [5.41, 5.74) is 2.79. The Bertz CT molecular complexity index is 1260. The van der Waals surface area contributed by atoms with Crippen molar-refractivity contribution >= 4 is 33.6 Å². The Kier molecular flexibility index (Phi) is 5.54. The van der Waals surface area contributed by atoms with Gasteiger partial charge >= 0.3 is 0 Å². The number of rotatable bonds is 7. The number of hydrogen-bond donors (Lipinski definition) is 1. The third-order valence-electron chi connectivity index (χ3n) is 4.68. The van der Waals surface area contributed by atoms with Crippen molar-refractivity contribution < 1.29 is 19.2 Å². The van der Waals surface area contributed by atoms with Gasteiger partial charge in [0.15, 0.2) is 4.96 Å². The molecule has 4 aromatic rings. The van der Waals surface area contributed by atoms with Crippen LogP contribution in [0.5, 0.6) is 11.5 Å². The standard InChI is InChI=1S/C21H18N4O5S/c1-29-16-6-3-13(4-7-16)18-11-24-15(12-31-21(24)23-18)10-20(26)22-17-8-5-14(25(27)28)9-19(17)30-2/h3-9,11-12H,10H2,1-2H3,(H,22,26). The summed E-state index contributed by atoms with van der Waals surface area (Å²) < 4.78 is 12.2. The van der Waals surface area contributed by atoms with Gasteiger partial charge in [0.25, 0.3) is 5.69 Å². The van der Waals surface area contributed by atoms with Gasteiger partial charge in [-0.05, 0) is 30.3 Å². The van der Waals surface area contributed by atoms with Crippen LogP contribution in [0.2, 0.25) is 0 Å². The van der Waals surface area contributed by atoms with E-state index in [2.05, 4.69) is 10.3 Å². The number of benzene rings is 2. The number of hydrogen-bond acceptors (Lipinski definition) is 7. The van der Waals surface area contributed by atoms with Gasteiger partial charge in [-0.25, -0.2) is 4.98 Å². The van der Waals surface area contributed by atoms with Gasteiger partial charge in [0.1, 0.15) is 11.5 Å². The molecule has 0 aliphatic heterocycles. The average molecular weight is 438 g/mol. The maximum atomic E-state index is 12.6. The molecule has 0 bridgehead atoms. The van der Waals surface area contributed by atoms with Crippen LogP contribution < -0.4 is 14.8 Å². The zero-order valence-electron chi connectivity index (χ0n) is 16.7. The number of imidazole rings is 1. The number of amides is 1. The molecule has 1 amide bonds. The first-order chi connectivity index (χ1) is 15.0. The van der Waals surface area contributed by atoms with Gasteiger partial charge in [0.2, 0.25) is 5.91 Å². The molecule has 2 heterocycles. The Morgan fingerprint density at radius 2 is 1.97 bits per heavy atom. The molecule has 9 nitrogen and oxygen atoms in total. The number of carbonyl (C=O) groups is 1. The number of carbonyl (C=O) groups excluding carboxylic acids is 1. The van der Waals surface area contributed by atoms with E-state index in [1.165, 1.54) is 36.6 Å². The monoisotopic (exact) mass is 438 g/mol. The first-order valence-corrected chi connectivity index (χ1v) is 10.1. The lowest BCUT2D eigenvalue weighted by molar-refractivity contribution is -0.384. The number of nitrogens with one attached hydrogen (secondary N) is 1. The van der Waals surface area contributed by atoms with Crippen molar-refractivity contribution in [3.8, 4) is 22.8 Å². The van der Waals surface area contributed by atoms with Gasteiger partial charge in [-0.2, -0.15) is 0 Å². The van der Waals surface area contributed by atoms with Gasteiger partial charge < -0.3 is 14.8 Å². The predicted molar refractivity (Wildman–Crippen MR) is 117 cm³/mol. The molecule has 2 aromatic heterocycles. The Balaban J connectivity index is 1.52. The highest BCUT2D eigenvalue weighted by atomic mass is 32.1. The van der Waals surface area contributed by atoms with Crippen LogP contribution in [0.25, 0.3) is 16.2 Å². The average Bonchev–Trinajstić information content (AvgIpc) is 3.36. The predicted octanol–water partition coefficient (Wildman–Crippen LogP) is 4.17. The smallest absolute Gasteiger partial charge is 0.273 e. The van der Waals surface area contributed by atoms with Crippen molar-refractivity contribution in [2.24, 2.45) is 0 Å². The van der Waals surface area contributed by atoms with Crippen LogP contribution in [0.15, 0.2) is 54.0 Å². The van der Waals surface area contributed by atoms with E-state index in [1.807, 2.05) is 40.2 Å². The van der Waals surface area contributed by atoms with Crippen LogP contribution in [0.4, 0.5) is 11.4 Å². The van der Waals surface area contributed by atoms with Crippen LogP contribution in [0.1, 0.15) is 5.69 Å². The van der Waals surface area contributed by atoms with Crippen LogP contribution in [-0.4, -0.2) is 34.4 Å². The molecule has 10 heteroatoms. The van der Waals surface area contributed by atoms with E-state index < -0.39 is 4.92 Å². The fraction of sp³-hybridized carbons (Fsp3) is 0.143. The molecule has 0 radical (unpaired) electrons. The molecular weight excluding hydrogens is 420 g/mol. The maximum absolute atomic E-state index is 12.6. The second-order valence-corrected chi connectivity index (χ2v) is 7.44. The minimum Gasteiger partial charge on any atom is -0.497 e. The zero-order valence-corrected chi connectivity index (χ0v) is 17.5. The lowest BCUT2D eigenvalue weighted by atomic mass is 10.2. The topological polar surface area (TPSA) is 108 Å². The molecule has 0 atom stereocenters. The van der Waals surface area contributed by atoms with Crippen LogP contribution in [0, 0.1) is 10.1 Å². The molecule has 0 aliphatic rings. The summed E-state index contributed by atoms with van der Waals surface area (Å²) in [5.74, 6) is 0.720. The molecule has 31 heavy (non-hydrogen) atoms. The van der Waals surface area contributed by atoms with Crippen molar-refractivity contribution in [2.75, 3.05) is 19.5 Å². The Morgan fingerprint density at radius 1 is 1.19 bits per heavy atom. The summed E-state index contributed by atoms with van der Waals surface area (Å²) in [6, 6.07) is 11.6. The van der Waals surface area contributed by atoms with Gasteiger partial charge in [-0.15, -0.1) is 11.3 Å². The van der Waals surface area contributed by atoms with Crippen molar-refractivity contribution in [1.29, 1.82) is 0 Å². The highest BCUT2D eigenvalue weighted by molar-refractivity contribution is 7.15. The summed E-state index contributed by atoms with van der Waals surface area (Å²) >= 11 is 1.45. The molecular formula is C21H18N4O5S. The Labute approximate surface area is 181 Å². The molecule has 0 saturated heterocycles. The van der Waals surface area contributed by atoms with Crippen LogP contribution in [-0.2, 0) is 11.2 Å². The van der Waals surface area contributed by atoms with E-state index in [1.54, 1.807) is 7.11 Å². The Hall–Kier alpha value is -3.92.